The molecule has 4 rings (SSSR count). The van der Waals surface area contributed by atoms with E-state index in [0.717, 1.165) is 11.1 Å². The molecule has 0 saturated carbocycles. The number of aliphatic hydroxyl groups excluding tert-OH is 1. The molecule has 1 aliphatic rings. The molecular weight excluding hydrogens is 321 g/mol. The molecule has 24 heavy (non-hydrogen) atoms. The van der Waals surface area contributed by atoms with E-state index in [9.17, 15) is 9.67 Å². The molecule has 2 atom stereocenters. The number of anilines is 1. The number of hydrogen-bond donors (Lipinski definition) is 2. The Morgan fingerprint density at radius 2 is 1.50 bits per heavy atom. The maximum atomic E-state index is 13.7. The van der Waals surface area contributed by atoms with E-state index < -0.39 is 13.2 Å². The summed E-state index contributed by atoms with van der Waals surface area (Å²) in [6, 6.07) is 21.5. The molecule has 0 aromatic heterocycles. The first-order chi connectivity index (χ1) is 11.6. The van der Waals surface area contributed by atoms with Crippen LogP contribution >= 0.6 is 7.37 Å². The second kappa shape index (κ2) is 5.52. The molecule has 0 saturated heterocycles. The summed E-state index contributed by atoms with van der Waals surface area (Å²) in [6.07, 6.45) is 0. The molecule has 0 bridgehead atoms. The van der Waals surface area contributed by atoms with Crippen LogP contribution in [0.1, 0.15) is 11.4 Å². The van der Waals surface area contributed by atoms with Crippen LogP contribution in [-0.4, -0.2) is 5.11 Å². The average Bonchev–Trinajstić information content (AvgIpc) is 2.62. The lowest BCUT2D eigenvalue weighted by Gasteiger charge is -2.31. The third kappa shape index (κ3) is 2.23. The summed E-state index contributed by atoms with van der Waals surface area (Å²) in [6.45, 7) is 0. The first kappa shape index (κ1) is 15.0. The smallest absolute Gasteiger partial charge is 0.310 e. The van der Waals surface area contributed by atoms with Crippen LogP contribution < -0.4 is 15.6 Å². The number of hydrogen-bond acceptors (Lipinski definition) is 4. The van der Waals surface area contributed by atoms with Gasteiger partial charge in [-0.05, 0) is 35.4 Å². The van der Waals surface area contributed by atoms with Gasteiger partial charge in [-0.1, -0.05) is 48.5 Å². The molecule has 3 N–H and O–H groups in total. The van der Waals surface area contributed by atoms with Crippen LogP contribution in [-0.2, 0) is 4.57 Å². The Morgan fingerprint density at radius 3 is 2.25 bits per heavy atom. The normalized spacial score (nSPS) is 19.7. The highest BCUT2D eigenvalue weighted by atomic mass is 31.2. The summed E-state index contributed by atoms with van der Waals surface area (Å²) in [5.74, 6) is -0.735. The van der Waals surface area contributed by atoms with Crippen molar-refractivity contribution in [3.63, 3.8) is 0 Å². The second-order valence-electron chi connectivity index (χ2n) is 5.74. The monoisotopic (exact) mass is 337 g/mol. The Morgan fingerprint density at radius 1 is 0.875 bits per heavy atom. The standard InChI is InChI=1S/C19H16NO3P/c20-14-11-9-13(10-12-14)19(21)24(22)18-8-4-2-6-16(18)15-5-1-3-7-17(15)23-24/h1-12,19,21H,20H2. The minimum absolute atomic E-state index is 0.515. The average molecular weight is 337 g/mol. The van der Waals surface area contributed by atoms with Crippen molar-refractivity contribution in [2.45, 2.75) is 5.85 Å². The van der Waals surface area contributed by atoms with E-state index in [1.165, 1.54) is 0 Å². The Kier molecular flexibility index (Phi) is 3.45. The largest absolute Gasteiger partial charge is 0.437 e. The first-order valence-corrected chi connectivity index (χ1v) is 9.31. The second-order valence-corrected chi connectivity index (χ2v) is 8.09. The molecule has 0 aliphatic carbocycles. The molecule has 0 amide bonds. The Balaban J connectivity index is 1.89. The van der Waals surface area contributed by atoms with Crippen LogP contribution in [0.25, 0.3) is 11.1 Å². The SMILES string of the molecule is Nc1ccc(C(O)P2(=O)Oc3ccccc3-c3ccccc32)cc1. The van der Waals surface area contributed by atoms with Crippen molar-refractivity contribution in [3.8, 4) is 16.9 Å². The van der Waals surface area contributed by atoms with Gasteiger partial charge < -0.3 is 15.4 Å². The van der Waals surface area contributed by atoms with E-state index in [2.05, 4.69) is 0 Å². The van der Waals surface area contributed by atoms with E-state index in [0.29, 0.717) is 22.3 Å². The highest BCUT2D eigenvalue weighted by molar-refractivity contribution is 7.68. The molecule has 3 aromatic carbocycles. The number of aliphatic hydroxyl groups is 1. The number of fused-ring (bicyclic) bond motifs is 3. The lowest BCUT2D eigenvalue weighted by molar-refractivity contribution is 0.240. The maximum Gasteiger partial charge on any atom is 0.310 e. The zero-order valence-electron chi connectivity index (χ0n) is 12.8. The molecule has 120 valence electrons. The third-order valence-corrected chi connectivity index (χ3v) is 6.68. The van der Waals surface area contributed by atoms with Gasteiger partial charge in [-0.2, -0.15) is 0 Å². The fourth-order valence-corrected chi connectivity index (χ4v) is 5.29. The Hall–Kier alpha value is -2.55. The first-order valence-electron chi connectivity index (χ1n) is 7.61. The zero-order valence-corrected chi connectivity index (χ0v) is 13.7. The van der Waals surface area contributed by atoms with Gasteiger partial charge >= 0.3 is 7.37 Å². The molecule has 0 radical (unpaired) electrons. The van der Waals surface area contributed by atoms with Crippen molar-refractivity contribution in [2.75, 3.05) is 5.73 Å². The van der Waals surface area contributed by atoms with Crippen molar-refractivity contribution in [1.82, 2.24) is 0 Å². The minimum Gasteiger partial charge on any atom is -0.437 e. The van der Waals surface area contributed by atoms with Gasteiger partial charge in [0.05, 0.1) is 5.30 Å². The molecular formula is C19H16NO3P. The van der Waals surface area contributed by atoms with Gasteiger partial charge in [-0.3, -0.25) is 4.57 Å². The quantitative estimate of drug-likeness (QED) is 0.549. The predicted molar refractivity (Wildman–Crippen MR) is 95.6 cm³/mol. The van der Waals surface area contributed by atoms with Gasteiger partial charge in [0, 0.05) is 11.3 Å². The molecule has 0 spiro atoms. The highest BCUT2D eigenvalue weighted by Crippen LogP contribution is 2.62. The number of nitrogen functional groups attached to an aromatic ring is 1. The fourth-order valence-electron chi connectivity index (χ4n) is 2.98. The van der Waals surface area contributed by atoms with Crippen molar-refractivity contribution in [2.24, 2.45) is 0 Å². The van der Waals surface area contributed by atoms with E-state index >= 15 is 0 Å². The van der Waals surface area contributed by atoms with Crippen molar-refractivity contribution >= 4 is 18.4 Å². The topological polar surface area (TPSA) is 72.5 Å². The maximum absolute atomic E-state index is 13.7. The van der Waals surface area contributed by atoms with Crippen LogP contribution in [0, 0.1) is 0 Å². The summed E-state index contributed by atoms with van der Waals surface area (Å²) >= 11 is 0. The summed E-state index contributed by atoms with van der Waals surface area (Å²) in [5.41, 5.74) is 8.50. The van der Waals surface area contributed by atoms with Gasteiger partial charge in [-0.15, -0.1) is 0 Å². The van der Waals surface area contributed by atoms with E-state index in [-0.39, 0.29) is 0 Å². The summed E-state index contributed by atoms with van der Waals surface area (Å²) in [7, 11) is -3.55. The van der Waals surface area contributed by atoms with Gasteiger partial charge in [0.25, 0.3) is 0 Å². The van der Waals surface area contributed by atoms with Crippen molar-refractivity contribution in [3.05, 3.63) is 78.4 Å². The van der Waals surface area contributed by atoms with Crippen molar-refractivity contribution < 1.29 is 14.2 Å². The number of nitrogens with two attached hydrogens (primary N) is 1. The van der Waals surface area contributed by atoms with Gasteiger partial charge in [0.1, 0.15) is 5.75 Å². The number of para-hydroxylation sites is 1. The van der Waals surface area contributed by atoms with E-state index in [4.69, 9.17) is 10.3 Å². The summed E-state index contributed by atoms with van der Waals surface area (Å²) < 4.78 is 19.6. The van der Waals surface area contributed by atoms with Crippen LogP contribution in [0.2, 0.25) is 0 Å². The molecule has 1 aliphatic heterocycles. The lowest BCUT2D eigenvalue weighted by atomic mass is 10.0. The van der Waals surface area contributed by atoms with Crippen LogP contribution in [0.3, 0.4) is 0 Å². The number of rotatable bonds is 2. The van der Waals surface area contributed by atoms with Crippen LogP contribution in [0.15, 0.2) is 72.8 Å². The fraction of sp³-hybridized carbons (Fsp3) is 0.0526. The summed E-state index contributed by atoms with van der Waals surface area (Å²) in [4.78, 5) is 0. The number of benzene rings is 3. The minimum atomic E-state index is -3.55. The highest BCUT2D eigenvalue weighted by Gasteiger charge is 2.42. The predicted octanol–water partition coefficient (Wildman–Crippen LogP) is 3.92. The van der Waals surface area contributed by atoms with Gasteiger partial charge in [0.15, 0.2) is 5.85 Å². The molecule has 5 heteroatoms. The third-order valence-electron chi connectivity index (χ3n) is 4.21. The van der Waals surface area contributed by atoms with Crippen molar-refractivity contribution in [1.29, 1.82) is 0 Å². The molecule has 2 unspecified atom stereocenters. The summed E-state index contributed by atoms with van der Waals surface area (Å²) in [5, 5.41) is 11.4. The Bertz CT molecular complexity index is 953. The van der Waals surface area contributed by atoms with Crippen LogP contribution in [0.4, 0.5) is 5.69 Å². The zero-order chi connectivity index (χ0) is 16.7. The van der Waals surface area contributed by atoms with E-state index in [1.807, 2.05) is 30.3 Å². The Labute approximate surface area is 140 Å². The molecule has 1 heterocycles. The molecule has 3 aromatic rings. The molecule has 0 fully saturated rings. The van der Waals surface area contributed by atoms with Crippen LogP contribution in [0.5, 0.6) is 5.75 Å². The molecule has 4 nitrogen and oxygen atoms in total. The lowest BCUT2D eigenvalue weighted by Crippen LogP contribution is -2.22. The van der Waals surface area contributed by atoms with Gasteiger partial charge in [-0.25, -0.2) is 0 Å². The van der Waals surface area contributed by atoms with E-state index in [1.54, 1.807) is 42.5 Å². The van der Waals surface area contributed by atoms with Gasteiger partial charge in [0.2, 0.25) is 0 Å².